The summed E-state index contributed by atoms with van der Waals surface area (Å²) in [5, 5.41) is 10.2. The molecule has 1 aliphatic rings. The van der Waals surface area contributed by atoms with Gasteiger partial charge < -0.3 is 35.5 Å². The number of fused-ring (bicyclic) bond motifs is 1. The monoisotopic (exact) mass is 590 g/mol. The third-order valence-electron chi connectivity index (χ3n) is 7.12. The van der Waals surface area contributed by atoms with Gasteiger partial charge in [-0.3, -0.25) is 4.98 Å². The van der Waals surface area contributed by atoms with Gasteiger partial charge in [-0.1, -0.05) is 0 Å². The van der Waals surface area contributed by atoms with E-state index in [2.05, 4.69) is 29.4 Å². The highest BCUT2D eigenvalue weighted by Crippen LogP contribution is 2.35. The number of benzene rings is 1. The molecule has 1 aliphatic heterocycles. The fourth-order valence-corrected chi connectivity index (χ4v) is 4.99. The largest absolute Gasteiger partial charge is 0.513 e. The van der Waals surface area contributed by atoms with Crippen molar-refractivity contribution in [1.29, 1.82) is 0 Å². The number of piperidine rings is 1. The third-order valence-corrected chi connectivity index (χ3v) is 7.12. The topological polar surface area (TPSA) is 168 Å². The van der Waals surface area contributed by atoms with Crippen molar-refractivity contribution in [1.82, 2.24) is 24.5 Å². The van der Waals surface area contributed by atoms with Gasteiger partial charge in [0.25, 0.3) is 6.43 Å². The van der Waals surface area contributed by atoms with Crippen LogP contribution >= 0.6 is 0 Å². The average molecular weight is 591 g/mol. The zero-order valence-electron chi connectivity index (χ0n) is 22.2. The van der Waals surface area contributed by atoms with Crippen LogP contribution in [-0.2, 0) is 11.3 Å². The van der Waals surface area contributed by atoms with Gasteiger partial charge in [0.05, 0.1) is 43.1 Å². The van der Waals surface area contributed by atoms with Crippen molar-refractivity contribution in [3.8, 4) is 17.0 Å². The molecule has 1 saturated heterocycles. The Morgan fingerprint density at radius 3 is 2.69 bits per heavy atom. The quantitative estimate of drug-likeness (QED) is 0.164. The molecule has 4 heterocycles. The number of anilines is 2. The smallest absolute Gasteiger partial charge is 0.437 e. The van der Waals surface area contributed by atoms with Crippen molar-refractivity contribution in [2.75, 3.05) is 30.8 Å². The van der Waals surface area contributed by atoms with Crippen LogP contribution in [0, 0.1) is 11.6 Å². The van der Waals surface area contributed by atoms with E-state index in [1.165, 1.54) is 24.9 Å². The number of alkyl halides is 2. The Kier molecular flexibility index (Phi) is 7.83. The maximum Gasteiger partial charge on any atom is 0.513 e. The molecular weight excluding hydrogens is 564 g/mol. The second kappa shape index (κ2) is 11.4. The number of nitrogens with zero attached hydrogens (tertiary/aromatic N) is 6. The molecule has 0 amide bonds. The number of pyridine rings is 1. The molecule has 0 aliphatic carbocycles. The van der Waals surface area contributed by atoms with Crippen LogP contribution in [0.5, 0.6) is 5.75 Å². The minimum atomic E-state index is -3.04. The SMILES string of the molecule is COC(=O)Oc1cc(F)c(-c2cc(Cn3cnc4c(N)ncnc43)c(N3CCC[C@](N)([C@H](O)C(F)F)C3)cn2)cc1F. The van der Waals surface area contributed by atoms with Crippen LogP contribution in [-0.4, -0.2) is 74.0 Å². The van der Waals surface area contributed by atoms with Crippen molar-refractivity contribution in [3.63, 3.8) is 0 Å². The Balaban J connectivity index is 1.58. The van der Waals surface area contributed by atoms with Gasteiger partial charge in [-0.25, -0.2) is 37.3 Å². The molecule has 5 rings (SSSR count). The molecule has 16 heteroatoms. The van der Waals surface area contributed by atoms with Gasteiger partial charge in [0, 0.05) is 24.7 Å². The lowest BCUT2D eigenvalue weighted by molar-refractivity contribution is -0.0529. The molecule has 3 aromatic heterocycles. The van der Waals surface area contributed by atoms with Gasteiger partial charge in [-0.2, -0.15) is 0 Å². The number of carbonyl (C=O) groups is 1. The number of rotatable bonds is 7. The zero-order valence-corrected chi connectivity index (χ0v) is 22.2. The first kappa shape index (κ1) is 28.9. The maximum absolute atomic E-state index is 15.1. The summed E-state index contributed by atoms with van der Waals surface area (Å²) in [4.78, 5) is 29.8. The van der Waals surface area contributed by atoms with Gasteiger partial charge in [0.2, 0.25) is 0 Å². The number of nitrogen functional groups attached to an aromatic ring is 1. The summed E-state index contributed by atoms with van der Waals surface area (Å²) in [6, 6.07) is 3.02. The van der Waals surface area contributed by atoms with E-state index in [9.17, 15) is 23.1 Å². The van der Waals surface area contributed by atoms with Crippen molar-refractivity contribution < 1.29 is 36.9 Å². The number of carbonyl (C=O) groups excluding carboxylic acids is 1. The number of aliphatic hydroxyl groups is 1. The van der Waals surface area contributed by atoms with Crippen LogP contribution in [0.4, 0.5) is 33.9 Å². The Morgan fingerprint density at radius 1 is 1.17 bits per heavy atom. The van der Waals surface area contributed by atoms with Crippen LogP contribution in [0.15, 0.2) is 37.1 Å². The number of aromatic nitrogens is 5. The minimum Gasteiger partial charge on any atom is -0.437 e. The average Bonchev–Trinajstić information content (AvgIpc) is 3.38. The Hall–Kier alpha value is -4.57. The Morgan fingerprint density at radius 2 is 1.95 bits per heavy atom. The van der Waals surface area contributed by atoms with Crippen LogP contribution in [0.25, 0.3) is 22.4 Å². The lowest BCUT2D eigenvalue weighted by Crippen LogP contribution is -2.63. The molecule has 42 heavy (non-hydrogen) atoms. The third kappa shape index (κ3) is 5.49. The fraction of sp³-hybridized carbons (Fsp3) is 0.346. The van der Waals surface area contributed by atoms with Crippen LogP contribution in [0.3, 0.4) is 0 Å². The predicted octanol–water partition coefficient (Wildman–Crippen LogP) is 2.87. The molecule has 12 nitrogen and oxygen atoms in total. The normalized spacial score (nSPS) is 18.0. The molecular formula is C26H26F4N8O4. The van der Waals surface area contributed by atoms with Gasteiger partial charge in [-0.05, 0) is 30.5 Å². The van der Waals surface area contributed by atoms with E-state index in [1.807, 2.05) is 0 Å². The summed E-state index contributed by atoms with van der Waals surface area (Å²) in [7, 11) is 1.02. The molecule has 1 fully saturated rings. The first-order valence-corrected chi connectivity index (χ1v) is 12.7. The number of nitrogens with two attached hydrogens (primary N) is 2. The van der Waals surface area contributed by atoms with E-state index in [1.54, 1.807) is 9.47 Å². The second-order valence-electron chi connectivity index (χ2n) is 9.86. The van der Waals surface area contributed by atoms with Crippen LogP contribution in [0.1, 0.15) is 18.4 Å². The van der Waals surface area contributed by atoms with Gasteiger partial charge in [-0.15, -0.1) is 0 Å². The number of aliphatic hydroxyl groups excluding tert-OH is 1. The van der Waals surface area contributed by atoms with E-state index in [-0.39, 0.29) is 36.6 Å². The highest BCUT2D eigenvalue weighted by Gasteiger charge is 2.43. The summed E-state index contributed by atoms with van der Waals surface area (Å²) in [5.41, 5.74) is 12.1. The van der Waals surface area contributed by atoms with Crippen molar-refractivity contribution in [2.24, 2.45) is 5.73 Å². The molecule has 1 aromatic carbocycles. The lowest BCUT2D eigenvalue weighted by Gasteiger charge is -2.44. The number of methoxy groups -OCH3 is 1. The molecule has 222 valence electrons. The fourth-order valence-electron chi connectivity index (χ4n) is 4.99. The van der Waals surface area contributed by atoms with Crippen molar-refractivity contribution in [2.45, 2.75) is 37.5 Å². The maximum atomic E-state index is 15.1. The zero-order chi connectivity index (χ0) is 30.2. The summed E-state index contributed by atoms with van der Waals surface area (Å²) in [6.07, 6.45) is -1.62. The summed E-state index contributed by atoms with van der Waals surface area (Å²) < 4.78 is 67.4. The summed E-state index contributed by atoms with van der Waals surface area (Å²) in [6.45, 7) is 0.372. The van der Waals surface area contributed by atoms with Gasteiger partial charge >= 0.3 is 6.16 Å². The Bertz CT molecular complexity index is 1640. The molecule has 0 unspecified atom stereocenters. The Labute approximate surface area is 235 Å². The van der Waals surface area contributed by atoms with E-state index in [4.69, 9.17) is 11.5 Å². The number of hydrogen-bond donors (Lipinski definition) is 3. The van der Waals surface area contributed by atoms with E-state index in [0.29, 0.717) is 41.4 Å². The molecule has 0 bridgehead atoms. The highest BCUT2D eigenvalue weighted by molar-refractivity contribution is 5.81. The molecule has 0 spiro atoms. The van der Waals surface area contributed by atoms with Gasteiger partial charge in [0.15, 0.2) is 23.0 Å². The number of imidazole rings is 1. The van der Waals surface area contributed by atoms with E-state index >= 15 is 4.39 Å². The number of halogens is 4. The number of ether oxygens (including phenoxy) is 2. The van der Waals surface area contributed by atoms with Gasteiger partial charge in [0.1, 0.15) is 23.8 Å². The molecule has 2 atom stereocenters. The van der Waals surface area contributed by atoms with Crippen molar-refractivity contribution >= 4 is 28.8 Å². The summed E-state index contributed by atoms with van der Waals surface area (Å²) in [5.74, 6) is -2.49. The number of hydrogen-bond acceptors (Lipinski definition) is 11. The molecule has 0 saturated carbocycles. The predicted molar refractivity (Wildman–Crippen MR) is 142 cm³/mol. The van der Waals surface area contributed by atoms with Crippen LogP contribution in [0.2, 0.25) is 0 Å². The minimum absolute atomic E-state index is 0.0250. The summed E-state index contributed by atoms with van der Waals surface area (Å²) >= 11 is 0. The molecule has 4 aromatic rings. The first-order valence-electron chi connectivity index (χ1n) is 12.7. The first-order chi connectivity index (χ1) is 20.0. The molecule has 5 N–H and O–H groups in total. The highest BCUT2D eigenvalue weighted by atomic mass is 19.3. The second-order valence-corrected chi connectivity index (χ2v) is 9.86. The lowest BCUT2D eigenvalue weighted by atomic mass is 9.84. The van der Waals surface area contributed by atoms with Crippen molar-refractivity contribution in [3.05, 3.63) is 54.2 Å². The van der Waals surface area contributed by atoms with E-state index < -0.39 is 41.6 Å². The standard InChI is InChI=1S/C26H26F4N8O4/c1-41-25(40)42-19-7-15(27)14(6-16(19)28)17-5-13(9-38-12-36-20-23(31)34-11-35-24(20)38)18(8-33-17)37-4-2-3-26(32,10-37)21(39)22(29)30/h5-8,11-12,21-22,39H,2-4,9-10,32H2,1H3,(H2,31,34,35)/t21-,26-/m1/s1. The molecule has 0 radical (unpaired) electrons. The van der Waals surface area contributed by atoms with Crippen LogP contribution < -0.4 is 21.1 Å². The van der Waals surface area contributed by atoms with E-state index in [0.717, 1.165) is 13.2 Å².